The lowest BCUT2D eigenvalue weighted by Gasteiger charge is -2.39. The number of fused-ring (bicyclic) bond motifs is 13. The molecule has 6 aliphatic rings. The molecule has 2 aromatic rings. The highest BCUT2D eigenvalue weighted by Crippen LogP contribution is 2.51. The summed E-state index contributed by atoms with van der Waals surface area (Å²) in [4.78, 5) is 69.6. The van der Waals surface area contributed by atoms with E-state index < -0.39 is 95.1 Å². The van der Waals surface area contributed by atoms with Crippen LogP contribution in [0, 0.1) is 48.9 Å². The number of rotatable bonds is 7. The highest BCUT2D eigenvalue weighted by atomic mass is 16.7. The van der Waals surface area contributed by atoms with Crippen LogP contribution in [-0.4, -0.2) is 129 Å². The van der Waals surface area contributed by atoms with Crippen LogP contribution in [0.15, 0.2) is 46.1 Å². The van der Waals surface area contributed by atoms with Gasteiger partial charge in [-0.2, -0.15) is 0 Å². The van der Waals surface area contributed by atoms with Gasteiger partial charge in [-0.15, -0.1) is 6.42 Å². The van der Waals surface area contributed by atoms with Crippen LogP contribution in [-0.2, 0) is 28.6 Å². The van der Waals surface area contributed by atoms with Gasteiger partial charge in [-0.25, -0.2) is 4.99 Å². The highest BCUT2D eigenvalue weighted by Gasteiger charge is 2.53. The summed E-state index contributed by atoms with van der Waals surface area (Å²) in [7, 11) is 1.44. The number of piperidine rings is 2. The molecule has 6 heterocycles. The number of hydrogen-bond donors (Lipinski definition) is 5. The number of Topliss-reactive ketones (excluding diaryl/α,β-unsaturated/α-hetero) is 1. The highest BCUT2D eigenvalue weighted by molar-refractivity contribution is 6.22. The number of nitrogens with zero attached hydrogens (tertiary/aromatic N) is 4. The number of likely N-dealkylation sites (tertiary alicyclic amines) is 2. The molecule has 6 aliphatic heterocycles. The fourth-order valence-electron chi connectivity index (χ4n) is 10.9. The average Bonchev–Trinajstić information content (AvgIpc) is 3.87. The fourth-order valence-corrected chi connectivity index (χ4v) is 10.9. The van der Waals surface area contributed by atoms with Crippen LogP contribution in [0.3, 0.4) is 0 Å². The normalized spacial score (nSPS) is 30.9. The quantitative estimate of drug-likeness (QED) is 0.105. The summed E-state index contributed by atoms with van der Waals surface area (Å²) in [5.41, 5.74) is -0.537. The standard InChI is InChI=1S/C54H71N5O12/c1-11-35-36(68-10)19-26-69-54(12-2)51(66)41-39-40(47(64)34(9)50(41)71-54)48(65)44(43-42(39)56-53(57-43)20-24-58(25-21-53)28-29(3)4)55-52(67)31(6)18-16-17-30(5)45(62)32(7)46(63)33(8)49(35)70-38(61)27-37(60)59-22-14-13-15-23-59/h2,16-19,26,29-30,32-33,35-36,45-46,49,56,62-65H,11,13-15,20-25,27-28H2,1,3-10H3/b17-16+,26-19+,31-18-,55-44?/t30-,32+,33+,35+,36-,45-,46+,49-,54-/m0/s1. The zero-order valence-corrected chi connectivity index (χ0v) is 42.5. The first-order chi connectivity index (χ1) is 33.7. The van der Waals surface area contributed by atoms with E-state index >= 15 is 4.79 Å². The van der Waals surface area contributed by atoms with Gasteiger partial charge in [0.2, 0.25) is 5.91 Å². The summed E-state index contributed by atoms with van der Waals surface area (Å²) in [6.07, 6.45) is 12.8. The third-order valence-electron chi connectivity index (χ3n) is 15.1. The van der Waals surface area contributed by atoms with Crippen molar-refractivity contribution in [1.29, 1.82) is 0 Å². The minimum absolute atomic E-state index is 0.0544. The number of esters is 1. The zero-order chi connectivity index (χ0) is 51.7. The van der Waals surface area contributed by atoms with Gasteiger partial charge in [-0.3, -0.25) is 24.2 Å². The first-order valence-electron chi connectivity index (χ1n) is 25.1. The van der Waals surface area contributed by atoms with Gasteiger partial charge >= 0.3 is 11.8 Å². The number of terminal acetylenes is 1. The summed E-state index contributed by atoms with van der Waals surface area (Å²) in [6, 6.07) is 0. The summed E-state index contributed by atoms with van der Waals surface area (Å²) in [6.45, 7) is 17.7. The third-order valence-corrected chi connectivity index (χ3v) is 15.1. The Bertz CT molecular complexity index is 2680. The SMILES string of the molecule is C#C[C@@]12O/C=C/[C@H](OC)[C@@H](CC)[C@@H](OC(=O)CC(=O)N3CCCCC3)[C@H](C)[C@H](O)[C@H](C)[C@@H](O)[C@@H](C)/C=C/C=C(/C)C(=O)N=c3c(O)c4c(O)c(C)c(c(c4c4c3=NC3(CCN(CC(C)C)CC3)N4)C1=O)O2. The molecule has 17 nitrogen and oxygen atoms in total. The molecule has 0 aromatic heterocycles. The number of aliphatic hydroxyl groups is 2. The Morgan fingerprint density at radius 3 is 2.30 bits per heavy atom. The number of phenols is 2. The molecule has 0 aliphatic carbocycles. The third kappa shape index (κ3) is 10.3. The van der Waals surface area contributed by atoms with E-state index in [1.165, 1.54) is 26.2 Å². The lowest BCUT2D eigenvalue weighted by atomic mass is 9.77. The Hall–Kier alpha value is -5.80. The number of allylic oxidation sites excluding steroid dienone is 2. The van der Waals surface area contributed by atoms with Crippen LogP contribution in [0.25, 0.3) is 10.8 Å². The Labute approximate surface area is 415 Å². The molecule has 71 heavy (non-hydrogen) atoms. The number of anilines is 1. The number of ether oxygens (including phenoxy) is 4. The van der Waals surface area contributed by atoms with Crippen molar-refractivity contribution < 1.29 is 58.6 Å². The molecule has 0 radical (unpaired) electrons. The molecule has 2 fully saturated rings. The number of carbonyl (C=O) groups is 4. The maximum Gasteiger partial charge on any atom is 0.383 e. The van der Waals surface area contributed by atoms with E-state index in [4.69, 9.17) is 30.4 Å². The van der Waals surface area contributed by atoms with Gasteiger partial charge in [0.05, 0.1) is 41.2 Å². The Morgan fingerprint density at radius 1 is 0.972 bits per heavy atom. The number of carbonyl (C=O) groups excluding carboxylic acids is 4. The van der Waals surface area contributed by atoms with Gasteiger partial charge in [-0.1, -0.05) is 59.8 Å². The molecule has 2 aromatic carbocycles. The van der Waals surface area contributed by atoms with E-state index in [2.05, 4.69) is 35.0 Å². The number of aromatic hydroxyl groups is 2. The van der Waals surface area contributed by atoms with Crippen molar-refractivity contribution in [3.63, 3.8) is 0 Å². The Balaban J connectivity index is 1.36. The van der Waals surface area contributed by atoms with Crippen LogP contribution in [0.2, 0.25) is 0 Å². The molecule has 384 valence electrons. The fraction of sp³-hybridized carbons (Fsp3) is 0.593. The topological polar surface area (TPSA) is 229 Å². The average molecular weight is 982 g/mol. The predicted octanol–water partition coefficient (Wildman–Crippen LogP) is 5.14. The number of amides is 2. The van der Waals surface area contributed by atoms with Crippen molar-refractivity contribution >= 4 is 40.0 Å². The summed E-state index contributed by atoms with van der Waals surface area (Å²) < 4.78 is 24.6. The van der Waals surface area contributed by atoms with Gasteiger partial charge in [0.15, 0.2) is 5.75 Å². The van der Waals surface area contributed by atoms with Crippen LogP contribution in [0.4, 0.5) is 5.69 Å². The molecule has 17 heteroatoms. The molecule has 2 saturated heterocycles. The van der Waals surface area contributed by atoms with E-state index in [0.29, 0.717) is 51.4 Å². The van der Waals surface area contributed by atoms with Crippen molar-refractivity contribution in [3.8, 4) is 29.6 Å². The number of benzene rings is 2. The second-order valence-electron chi connectivity index (χ2n) is 20.5. The minimum Gasteiger partial charge on any atom is -0.507 e. The van der Waals surface area contributed by atoms with Crippen molar-refractivity contribution in [2.75, 3.05) is 45.2 Å². The minimum atomic E-state index is -2.43. The Kier molecular flexibility index (Phi) is 16.1. The van der Waals surface area contributed by atoms with E-state index in [1.54, 1.807) is 44.7 Å². The molecular formula is C54H71N5O12. The second kappa shape index (κ2) is 21.5. The number of hydrogen-bond acceptors (Lipinski definition) is 15. The zero-order valence-electron chi connectivity index (χ0n) is 42.5. The summed E-state index contributed by atoms with van der Waals surface area (Å²) >= 11 is 0. The summed E-state index contributed by atoms with van der Waals surface area (Å²) in [5.74, 6) is -6.27. The van der Waals surface area contributed by atoms with Crippen LogP contribution in [0.5, 0.6) is 17.2 Å². The first kappa shape index (κ1) is 53.0. The number of phenolic OH excluding ortho intramolecular Hbond substituents is 2. The summed E-state index contributed by atoms with van der Waals surface area (Å²) in [5, 5.41) is 51.2. The number of ketones is 1. The van der Waals surface area contributed by atoms with Gasteiger partial charge in [-0.05, 0) is 57.4 Å². The van der Waals surface area contributed by atoms with Crippen molar-refractivity contribution in [2.45, 2.75) is 136 Å². The smallest absolute Gasteiger partial charge is 0.383 e. The molecule has 5 bridgehead atoms. The monoisotopic (exact) mass is 982 g/mol. The maximum atomic E-state index is 15.0. The molecule has 2 amide bonds. The lowest BCUT2D eigenvalue weighted by molar-refractivity contribution is -0.166. The lowest BCUT2D eigenvalue weighted by Crippen LogP contribution is -2.47. The first-order valence-corrected chi connectivity index (χ1v) is 25.1. The number of methoxy groups -OCH3 is 1. The molecule has 9 atom stereocenters. The molecule has 8 rings (SSSR count). The van der Waals surface area contributed by atoms with Gasteiger partial charge in [0, 0.05) is 92.9 Å². The van der Waals surface area contributed by atoms with E-state index in [9.17, 15) is 34.8 Å². The van der Waals surface area contributed by atoms with Gasteiger partial charge in [0.1, 0.15) is 40.4 Å². The van der Waals surface area contributed by atoms with Crippen LogP contribution in [0.1, 0.15) is 109 Å². The predicted molar refractivity (Wildman–Crippen MR) is 265 cm³/mol. The number of nitrogens with one attached hydrogen (secondary N) is 1. The Morgan fingerprint density at radius 2 is 1.66 bits per heavy atom. The largest absolute Gasteiger partial charge is 0.507 e. The van der Waals surface area contributed by atoms with E-state index in [1.807, 2.05) is 6.92 Å². The van der Waals surface area contributed by atoms with Crippen molar-refractivity contribution in [3.05, 3.63) is 58.0 Å². The van der Waals surface area contributed by atoms with Crippen LogP contribution >= 0.6 is 0 Å². The molecule has 0 saturated carbocycles. The van der Waals surface area contributed by atoms with Crippen molar-refractivity contribution in [2.24, 2.45) is 39.6 Å². The van der Waals surface area contributed by atoms with Crippen LogP contribution < -0.4 is 20.8 Å². The molecule has 5 N–H and O–H groups in total. The van der Waals surface area contributed by atoms with Gasteiger partial charge in [0.25, 0.3) is 11.7 Å². The molecule has 0 unspecified atom stereocenters. The molecule has 1 spiro atoms. The van der Waals surface area contributed by atoms with Crippen molar-refractivity contribution in [1.82, 2.24) is 9.80 Å². The van der Waals surface area contributed by atoms with Gasteiger partial charge < -0.3 is 54.5 Å². The molecular weight excluding hydrogens is 911 g/mol. The maximum absolute atomic E-state index is 15.0. The van der Waals surface area contributed by atoms with E-state index in [-0.39, 0.29) is 55.5 Å². The van der Waals surface area contributed by atoms with E-state index in [0.717, 1.165) is 32.1 Å². The number of aliphatic hydroxyl groups excluding tert-OH is 2. The second-order valence-corrected chi connectivity index (χ2v) is 20.5.